The zero-order chi connectivity index (χ0) is 20.3. The van der Waals surface area contributed by atoms with Gasteiger partial charge in [-0.05, 0) is 44.8 Å². The number of carbonyl (C=O) groups is 1. The monoisotopic (exact) mass is 421 g/mol. The van der Waals surface area contributed by atoms with E-state index in [0.29, 0.717) is 10.7 Å². The van der Waals surface area contributed by atoms with Crippen molar-refractivity contribution in [2.75, 3.05) is 26.0 Å². The van der Waals surface area contributed by atoms with Gasteiger partial charge in [0, 0.05) is 19.5 Å². The average Bonchev–Trinajstić information content (AvgIpc) is 3.23. The van der Waals surface area contributed by atoms with E-state index in [1.54, 1.807) is 24.3 Å². The van der Waals surface area contributed by atoms with Crippen LogP contribution >= 0.6 is 22.9 Å². The van der Waals surface area contributed by atoms with Gasteiger partial charge in [-0.25, -0.2) is 4.98 Å². The molecular formula is C19H24ClN5O2S. The number of hydrogen-bond donors (Lipinski definition) is 3. The highest BCUT2D eigenvalue weighted by Crippen LogP contribution is 2.32. The highest BCUT2D eigenvalue weighted by atomic mass is 35.5. The summed E-state index contributed by atoms with van der Waals surface area (Å²) in [7, 11) is 4.13. The second-order valence-electron chi connectivity index (χ2n) is 7.06. The molecule has 2 aromatic rings. The maximum Gasteiger partial charge on any atom is 0.275 e. The zero-order valence-electron chi connectivity index (χ0n) is 16.1. The van der Waals surface area contributed by atoms with E-state index < -0.39 is 5.85 Å². The number of aromatic nitrogens is 1. The van der Waals surface area contributed by atoms with E-state index in [9.17, 15) is 4.79 Å². The Morgan fingerprint density at radius 3 is 2.93 bits per heavy atom. The Morgan fingerprint density at radius 1 is 1.46 bits per heavy atom. The van der Waals surface area contributed by atoms with Crippen molar-refractivity contribution in [3.8, 4) is 10.4 Å². The van der Waals surface area contributed by atoms with E-state index in [-0.39, 0.29) is 11.6 Å². The third kappa shape index (κ3) is 5.23. The van der Waals surface area contributed by atoms with Crippen molar-refractivity contribution >= 4 is 34.5 Å². The number of ether oxygens (including phenoxy) is 1. The lowest BCUT2D eigenvalue weighted by molar-refractivity contribution is -0.113. The van der Waals surface area contributed by atoms with Gasteiger partial charge in [-0.3, -0.25) is 10.5 Å². The lowest BCUT2D eigenvalue weighted by atomic mass is 10.2. The highest BCUT2D eigenvalue weighted by molar-refractivity contribution is 7.15. The van der Waals surface area contributed by atoms with E-state index in [2.05, 4.69) is 34.6 Å². The first-order valence-electron chi connectivity index (χ1n) is 8.89. The number of benzene rings is 1. The quantitative estimate of drug-likeness (QED) is 0.636. The van der Waals surface area contributed by atoms with Crippen molar-refractivity contribution in [2.24, 2.45) is 5.73 Å². The zero-order valence-corrected chi connectivity index (χ0v) is 17.7. The van der Waals surface area contributed by atoms with Gasteiger partial charge in [0.25, 0.3) is 5.91 Å². The SMILES string of the molecule is CN(C)CCCc1ncc(-c2ccc(Cl)c(NC(=O)C3=COC(C)(N)N3)c2)s1. The molecule has 1 amide bonds. The fourth-order valence-corrected chi connectivity index (χ4v) is 3.81. The Kier molecular flexibility index (Phi) is 6.24. The number of thiazole rings is 1. The number of nitrogens with zero attached hydrogens (tertiary/aromatic N) is 2. The Labute approximate surface area is 173 Å². The van der Waals surface area contributed by atoms with E-state index in [1.807, 2.05) is 18.3 Å². The van der Waals surface area contributed by atoms with Crippen LogP contribution < -0.4 is 16.4 Å². The molecule has 7 nitrogen and oxygen atoms in total. The summed E-state index contributed by atoms with van der Waals surface area (Å²) in [6.45, 7) is 2.65. The predicted octanol–water partition coefficient (Wildman–Crippen LogP) is 2.99. The number of aryl methyl sites for hydroxylation is 1. The van der Waals surface area contributed by atoms with Crippen LogP contribution in [0.25, 0.3) is 10.4 Å². The van der Waals surface area contributed by atoms with Crippen LogP contribution in [0.4, 0.5) is 5.69 Å². The van der Waals surface area contributed by atoms with Crippen molar-refractivity contribution in [1.82, 2.24) is 15.2 Å². The van der Waals surface area contributed by atoms with Crippen molar-refractivity contribution in [1.29, 1.82) is 0 Å². The summed E-state index contributed by atoms with van der Waals surface area (Å²) in [6, 6.07) is 5.52. The Balaban J connectivity index is 1.70. The molecule has 150 valence electrons. The number of rotatable bonds is 7. The molecule has 0 radical (unpaired) electrons. The van der Waals surface area contributed by atoms with Crippen LogP contribution in [0.1, 0.15) is 18.4 Å². The number of halogens is 1. The standard InChI is InChI=1S/C19H24ClN5O2S/c1-19(21)24-15(11-27-19)18(26)23-14-9-12(6-7-13(14)20)16-10-22-17(28-16)5-4-8-25(2)3/h6-7,9-11,24H,4-5,8,21H2,1-3H3,(H,23,26). The molecule has 0 saturated heterocycles. The van der Waals surface area contributed by atoms with Gasteiger partial charge in [0.2, 0.25) is 5.85 Å². The lowest BCUT2D eigenvalue weighted by Crippen LogP contribution is -2.49. The largest absolute Gasteiger partial charge is 0.461 e. The van der Waals surface area contributed by atoms with Crippen LogP contribution in [-0.4, -0.2) is 42.3 Å². The number of carbonyl (C=O) groups excluding carboxylic acids is 1. The number of anilines is 1. The number of nitrogens with one attached hydrogen (secondary N) is 2. The second kappa shape index (κ2) is 8.48. The fraction of sp³-hybridized carbons (Fsp3) is 0.368. The molecule has 0 spiro atoms. The van der Waals surface area contributed by atoms with Crippen LogP contribution in [0.15, 0.2) is 36.4 Å². The Hall–Kier alpha value is -2.13. The van der Waals surface area contributed by atoms with Crippen molar-refractivity contribution in [2.45, 2.75) is 25.6 Å². The first-order valence-corrected chi connectivity index (χ1v) is 10.1. The number of hydrogen-bond acceptors (Lipinski definition) is 7. The topological polar surface area (TPSA) is 92.5 Å². The highest BCUT2D eigenvalue weighted by Gasteiger charge is 2.29. The van der Waals surface area contributed by atoms with Gasteiger partial charge in [-0.2, -0.15) is 0 Å². The molecule has 0 fully saturated rings. The molecule has 1 unspecified atom stereocenters. The summed E-state index contributed by atoms with van der Waals surface area (Å²) in [6.07, 6.45) is 5.17. The molecule has 1 aliphatic heterocycles. The smallest absolute Gasteiger partial charge is 0.275 e. The maximum atomic E-state index is 12.4. The first kappa shape index (κ1) is 20.6. The van der Waals surface area contributed by atoms with Crippen molar-refractivity contribution < 1.29 is 9.53 Å². The van der Waals surface area contributed by atoms with Crippen molar-refractivity contribution in [3.05, 3.63) is 46.4 Å². The summed E-state index contributed by atoms with van der Waals surface area (Å²) in [4.78, 5) is 20.1. The molecule has 0 saturated carbocycles. The molecule has 28 heavy (non-hydrogen) atoms. The minimum absolute atomic E-state index is 0.243. The Bertz CT molecular complexity index is 894. The summed E-state index contributed by atoms with van der Waals surface area (Å²) >= 11 is 7.92. The summed E-state index contributed by atoms with van der Waals surface area (Å²) in [5.41, 5.74) is 7.49. The van der Waals surface area contributed by atoms with E-state index in [0.717, 1.165) is 34.8 Å². The van der Waals surface area contributed by atoms with Gasteiger partial charge in [-0.1, -0.05) is 17.7 Å². The van der Waals surface area contributed by atoms with E-state index in [1.165, 1.54) is 6.26 Å². The van der Waals surface area contributed by atoms with Crippen LogP contribution in [0.2, 0.25) is 5.02 Å². The molecule has 1 aromatic carbocycles. The van der Waals surface area contributed by atoms with Crippen LogP contribution in [0.3, 0.4) is 0 Å². The van der Waals surface area contributed by atoms with Crippen molar-refractivity contribution in [3.63, 3.8) is 0 Å². The molecular weight excluding hydrogens is 398 g/mol. The maximum absolute atomic E-state index is 12.4. The van der Waals surface area contributed by atoms with Gasteiger partial charge < -0.3 is 20.3 Å². The average molecular weight is 422 g/mol. The summed E-state index contributed by atoms with van der Waals surface area (Å²) < 4.78 is 5.19. The molecule has 1 aliphatic rings. The fourth-order valence-electron chi connectivity index (χ4n) is 2.69. The van der Waals surface area contributed by atoms with Gasteiger partial charge in [0.15, 0.2) is 0 Å². The predicted molar refractivity (Wildman–Crippen MR) is 113 cm³/mol. The second-order valence-corrected chi connectivity index (χ2v) is 8.58. The molecule has 1 atom stereocenters. The first-order chi connectivity index (χ1) is 13.2. The molecule has 9 heteroatoms. The molecule has 2 heterocycles. The normalized spacial score (nSPS) is 18.6. The van der Waals surface area contributed by atoms with Gasteiger partial charge >= 0.3 is 0 Å². The van der Waals surface area contributed by atoms with Gasteiger partial charge in [-0.15, -0.1) is 11.3 Å². The number of amides is 1. The van der Waals surface area contributed by atoms with Gasteiger partial charge in [0.1, 0.15) is 12.0 Å². The van der Waals surface area contributed by atoms with Crippen LogP contribution in [0, 0.1) is 0 Å². The minimum Gasteiger partial charge on any atom is -0.461 e. The van der Waals surface area contributed by atoms with Crippen LogP contribution in [-0.2, 0) is 16.0 Å². The molecule has 3 rings (SSSR count). The molecule has 0 aliphatic carbocycles. The summed E-state index contributed by atoms with van der Waals surface area (Å²) in [5, 5.41) is 7.13. The van der Waals surface area contributed by atoms with E-state index >= 15 is 0 Å². The molecule has 4 N–H and O–H groups in total. The minimum atomic E-state index is -1.09. The Morgan fingerprint density at radius 2 is 2.25 bits per heavy atom. The lowest BCUT2D eigenvalue weighted by Gasteiger charge is -2.18. The molecule has 0 bridgehead atoms. The van der Waals surface area contributed by atoms with Gasteiger partial charge in [0.05, 0.1) is 20.6 Å². The summed E-state index contributed by atoms with van der Waals surface area (Å²) in [5.74, 6) is -1.47. The molecule has 1 aromatic heterocycles. The third-order valence-corrected chi connectivity index (χ3v) is 5.53. The number of nitrogens with two attached hydrogens (primary N) is 1. The third-order valence-electron chi connectivity index (χ3n) is 4.10. The van der Waals surface area contributed by atoms with E-state index in [4.69, 9.17) is 22.1 Å². The van der Waals surface area contributed by atoms with Crippen LogP contribution in [0.5, 0.6) is 0 Å².